The van der Waals surface area contributed by atoms with E-state index < -0.39 is 0 Å². The first-order chi connectivity index (χ1) is 3.18. The fourth-order valence-electron chi connectivity index (χ4n) is 0.183. The third-order valence-electron chi connectivity index (χ3n) is 1.26. The monoisotopic (exact) mass is 231 g/mol. The minimum Gasteiger partial charge on any atom is -1.00 e. The van der Waals surface area contributed by atoms with Crippen LogP contribution in [0, 0.1) is 0 Å². The number of quaternary nitrogens is 1. The highest BCUT2D eigenvalue weighted by Crippen LogP contribution is 1.63. The van der Waals surface area contributed by atoms with Crippen LogP contribution in [-0.2, 0) is 0 Å². The van der Waals surface area contributed by atoms with Gasteiger partial charge in [-0.1, -0.05) is 0 Å². The average molecular weight is 231 g/mol. The van der Waals surface area contributed by atoms with Gasteiger partial charge in [0.2, 0.25) is 0 Å². The van der Waals surface area contributed by atoms with Gasteiger partial charge in [-0.25, -0.2) is 0 Å². The Hall–Kier alpha value is 0.650. The molecule has 0 bridgehead atoms. The Balaban J connectivity index is 0. The lowest BCUT2D eigenvalue weighted by Gasteiger charge is -2.12. The van der Waals surface area contributed by atoms with Gasteiger partial charge >= 0.3 is 0 Å². The number of rotatable bonds is 2. The highest BCUT2D eigenvalue weighted by atomic mass is 127. The molecule has 0 aromatic carbocycles. The third kappa shape index (κ3) is 4.80. The van der Waals surface area contributed by atoms with Gasteiger partial charge in [0.05, 0.1) is 20.7 Å². The molecular weight excluding hydrogens is 217 g/mol. The van der Waals surface area contributed by atoms with E-state index >= 15 is 0 Å². The van der Waals surface area contributed by atoms with Crippen molar-refractivity contribution in [2.75, 3.05) is 20.7 Å². The quantitative estimate of drug-likeness (QED) is 0.460. The van der Waals surface area contributed by atoms with Crippen LogP contribution >= 0.6 is 0 Å². The first-order valence-corrected chi connectivity index (χ1v) is 2.59. The number of aliphatic hydroxyl groups is 1. The maximum Gasteiger partial charge on any atom is 0.108 e. The summed E-state index contributed by atoms with van der Waals surface area (Å²) in [6.07, 6.45) is 0. The SMILES string of the molecule is CC(CO)[NH+](C)C.[I-]. The number of nitrogens with one attached hydrogen (secondary N) is 1. The summed E-state index contributed by atoms with van der Waals surface area (Å²) in [6, 6.07) is 0.375. The zero-order valence-corrected chi connectivity index (χ0v) is 7.77. The lowest BCUT2D eigenvalue weighted by atomic mass is 10.3. The van der Waals surface area contributed by atoms with Crippen LogP contribution in [0.4, 0.5) is 0 Å². The minimum atomic E-state index is 0. The van der Waals surface area contributed by atoms with Crippen molar-refractivity contribution in [3.63, 3.8) is 0 Å². The first kappa shape index (κ1) is 11.4. The fourth-order valence-corrected chi connectivity index (χ4v) is 0.183. The Morgan fingerprint density at radius 3 is 1.88 bits per heavy atom. The Bertz CT molecular complexity index is 49.7. The van der Waals surface area contributed by atoms with Crippen molar-refractivity contribution < 1.29 is 34.0 Å². The van der Waals surface area contributed by atoms with Crippen molar-refractivity contribution in [1.82, 2.24) is 0 Å². The minimum absolute atomic E-state index is 0. The summed E-state index contributed by atoms with van der Waals surface area (Å²) >= 11 is 0. The molecule has 0 aliphatic carbocycles. The van der Waals surface area contributed by atoms with E-state index in [4.69, 9.17) is 5.11 Å². The van der Waals surface area contributed by atoms with Gasteiger partial charge < -0.3 is 34.0 Å². The predicted octanol–water partition coefficient (Wildman–Crippen LogP) is -4.48. The summed E-state index contributed by atoms with van der Waals surface area (Å²) in [4.78, 5) is 1.29. The molecule has 1 atom stereocenters. The summed E-state index contributed by atoms with van der Waals surface area (Å²) in [5.74, 6) is 0. The van der Waals surface area contributed by atoms with Crippen molar-refractivity contribution in [3.8, 4) is 0 Å². The standard InChI is InChI=1S/C5H13NO.HI/c1-5(4-7)6(2)3;/h5,7H,4H2,1-3H3;1H. The molecule has 0 radical (unpaired) electrons. The molecule has 0 aromatic heterocycles. The zero-order chi connectivity index (χ0) is 5.86. The van der Waals surface area contributed by atoms with Crippen molar-refractivity contribution in [2.45, 2.75) is 13.0 Å². The molecule has 2 N–H and O–H groups in total. The normalized spacial score (nSPS) is 13.1. The number of hydrogen-bond donors (Lipinski definition) is 2. The second-order valence-corrected chi connectivity index (χ2v) is 2.16. The van der Waals surface area contributed by atoms with Gasteiger partial charge in [-0.05, 0) is 6.92 Å². The van der Waals surface area contributed by atoms with Crippen LogP contribution in [0.2, 0.25) is 0 Å². The first-order valence-electron chi connectivity index (χ1n) is 2.59. The van der Waals surface area contributed by atoms with Crippen molar-refractivity contribution in [1.29, 1.82) is 0 Å². The zero-order valence-electron chi connectivity index (χ0n) is 5.61. The molecule has 0 aliphatic rings. The summed E-state index contributed by atoms with van der Waals surface area (Å²) in [6.45, 7) is 2.29. The summed E-state index contributed by atoms with van der Waals surface area (Å²) in [5.41, 5.74) is 0. The Morgan fingerprint density at radius 1 is 1.50 bits per heavy atom. The van der Waals surface area contributed by atoms with Crippen LogP contribution < -0.4 is 28.9 Å². The molecule has 0 aromatic rings. The lowest BCUT2D eigenvalue weighted by Crippen LogP contribution is -3.10. The molecule has 3 heteroatoms. The molecule has 2 nitrogen and oxygen atoms in total. The maximum atomic E-state index is 8.48. The topological polar surface area (TPSA) is 24.7 Å². The fraction of sp³-hybridized carbons (Fsp3) is 1.00. The van der Waals surface area contributed by atoms with E-state index in [1.807, 2.05) is 21.0 Å². The molecule has 8 heavy (non-hydrogen) atoms. The van der Waals surface area contributed by atoms with Gasteiger partial charge in [-0.3, -0.25) is 0 Å². The Kier molecular flexibility index (Phi) is 8.27. The van der Waals surface area contributed by atoms with Crippen LogP contribution in [0.15, 0.2) is 0 Å². The van der Waals surface area contributed by atoms with Crippen LogP contribution in [0.3, 0.4) is 0 Å². The number of aliphatic hydroxyl groups excluding tert-OH is 1. The smallest absolute Gasteiger partial charge is 0.108 e. The maximum absolute atomic E-state index is 8.48. The van der Waals surface area contributed by atoms with Gasteiger partial charge in [-0.15, -0.1) is 0 Å². The second kappa shape index (κ2) is 5.78. The van der Waals surface area contributed by atoms with Crippen molar-refractivity contribution in [2.24, 2.45) is 0 Å². The molecule has 0 saturated carbocycles. The lowest BCUT2D eigenvalue weighted by molar-refractivity contribution is -0.884. The van der Waals surface area contributed by atoms with E-state index in [9.17, 15) is 0 Å². The molecule has 0 heterocycles. The molecule has 52 valence electrons. The third-order valence-corrected chi connectivity index (χ3v) is 1.26. The number of likely N-dealkylation sites (N-methyl/N-ethyl adjacent to an activating group) is 1. The van der Waals surface area contributed by atoms with Crippen molar-refractivity contribution >= 4 is 0 Å². The average Bonchev–Trinajstić information content (AvgIpc) is 1.65. The van der Waals surface area contributed by atoms with E-state index in [0.29, 0.717) is 6.04 Å². The summed E-state index contributed by atoms with van der Waals surface area (Å²) in [5, 5.41) is 8.48. The predicted molar refractivity (Wildman–Crippen MR) is 29.4 cm³/mol. The van der Waals surface area contributed by atoms with E-state index in [1.54, 1.807) is 0 Å². The van der Waals surface area contributed by atoms with Gasteiger partial charge in [0, 0.05) is 0 Å². The van der Waals surface area contributed by atoms with E-state index in [1.165, 1.54) is 4.90 Å². The van der Waals surface area contributed by atoms with Crippen LogP contribution in [-0.4, -0.2) is 31.9 Å². The van der Waals surface area contributed by atoms with Crippen LogP contribution in [0.5, 0.6) is 0 Å². The molecule has 0 amide bonds. The van der Waals surface area contributed by atoms with Crippen LogP contribution in [0.1, 0.15) is 6.92 Å². The molecule has 0 aliphatic heterocycles. The number of hydrogen-bond acceptors (Lipinski definition) is 1. The summed E-state index contributed by atoms with van der Waals surface area (Å²) < 4.78 is 0. The highest BCUT2D eigenvalue weighted by molar-refractivity contribution is 4.36. The Labute approximate surface area is 67.9 Å². The Morgan fingerprint density at radius 2 is 1.88 bits per heavy atom. The van der Waals surface area contributed by atoms with Gasteiger partial charge in [0.1, 0.15) is 6.04 Å². The second-order valence-electron chi connectivity index (χ2n) is 2.16. The molecule has 0 rings (SSSR count). The van der Waals surface area contributed by atoms with Crippen LogP contribution in [0.25, 0.3) is 0 Å². The largest absolute Gasteiger partial charge is 1.00 e. The summed E-state index contributed by atoms with van der Waals surface area (Å²) in [7, 11) is 4.06. The molecule has 0 spiro atoms. The van der Waals surface area contributed by atoms with Gasteiger partial charge in [0.25, 0.3) is 0 Å². The van der Waals surface area contributed by atoms with E-state index in [0.717, 1.165) is 0 Å². The van der Waals surface area contributed by atoms with Gasteiger partial charge in [-0.2, -0.15) is 0 Å². The van der Waals surface area contributed by atoms with Crippen molar-refractivity contribution in [3.05, 3.63) is 0 Å². The molecule has 0 saturated heterocycles. The van der Waals surface area contributed by atoms with Gasteiger partial charge in [0.15, 0.2) is 0 Å². The molecule has 1 unspecified atom stereocenters. The van der Waals surface area contributed by atoms with E-state index in [-0.39, 0.29) is 30.6 Å². The highest BCUT2D eigenvalue weighted by Gasteiger charge is 2.02. The number of halogens is 1. The molecular formula is C5H14INO. The molecule has 0 fully saturated rings. The van der Waals surface area contributed by atoms with E-state index in [2.05, 4.69) is 0 Å².